The fraction of sp³-hybridized carbons (Fsp3) is 0.273. The molecule has 0 aliphatic heterocycles. The van der Waals surface area contributed by atoms with E-state index in [0.717, 1.165) is 20.9 Å². The van der Waals surface area contributed by atoms with Crippen LogP contribution in [0.15, 0.2) is 24.3 Å². The summed E-state index contributed by atoms with van der Waals surface area (Å²) in [7, 11) is -0.465. The van der Waals surface area contributed by atoms with Crippen LogP contribution in [-0.4, -0.2) is 31.8 Å². The molecule has 0 aliphatic carbocycles. The van der Waals surface area contributed by atoms with E-state index in [2.05, 4.69) is 9.71 Å². The lowest BCUT2D eigenvalue weighted by atomic mass is 10.2. The molecular formula is C11H15N3O2S. The fourth-order valence-electron chi connectivity index (χ4n) is 1.58. The molecule has 0 amide bonds. The molecule has 0 fully saturated rings. The number of nitrogens with zero attached hydrogens (tertiary/aromatic N) is 1. The van der Waals surface area contributed by atoms with Crippen molar-refractivity contribution in [2.24, 2.45) is 0 Å². The summed E-state index contributed by atoms with van der Waals surface area (Å²) in [6, 6.07) is 7.37. The predicted molar refractivity (Wildman–Crippen MR) is 69.3 cm³/mol. The second kappa shape index (κ2) is 4.05. The number of aryl methyl sites for hydroxylation is 1. The smallest absolute Gasteiger partial charge is 0.301 e. The van der Waals surface area contributed by atoms with Gasteiger partial charge in [-0.2, -0.15) is 12.7 Å². The van der Waals surface area contributed by atoms with Gasteiger partial charge in [0.1, 0.15) is 0 Å². The third kappa shape index (κ3) is 2.42. The van der Waals surface area contributed by atoms with E-state index in [1.807, 2.05) is 19.1 Å². The molecule has 2 rings (SSSR count). The molecule has 0 aliphatic rings. The van der Waals surface area contributed by atoms with Crippen molar-refractivity contribution in [3.05, 3.63) is 30.0 Å². The number of aromatic nitrogens is 1. The Morgan fingerprint density at radius 1 is 1.24 bits per heavy atom. The van der Waals surface area contributed by atoms with Gasteiger partial charge in [0.05, 0.1) is 5.69 Å². The van der Waals surface area contributed by atoms with Gasteiger partial charge < -0.3 is 4.98 Å². The fourth-order valence-corrected chi connectivity index (χ4v) is 2.19. The first-order chi connectivity index (χ1) is 7.88. The van der Waals surface area contributed by atoms with Crippen molar-refractivity contribution >= 4 is 26.8 Å². The lowest BCUT2D eigenvalue weighted by Gasteiger charge is -2.13. The first-order valence-corrected chi connectivity index (χ1v) is 6.62. The molecular weight excluding hydrogens is 238 g/mol. The zero-order chi connectivity index (χ0) is 12.6. The summed E-state index contributed by atoms with van der Waals surface area (Å²) < 4.78 is 26.9. The van der Waals surface area contributed by atoms with Crippen molar-refractivity contribution in [3.63, 3.8) is 0 Å². The third-order valence-corrected chi connectivity index (χ3v) is 3.94. The van der Waals surface area contributed by atoms with E-state index in [0.29, 0.717) is 5.69 Å². The standard InChI is InChI=1S/C11H15N3O2S/c1-8-6-9-7-10(4-5-11(9)12-8)13-17(15,16)14(2)3/h4-7,12-13H,1-3H3. The quantitative estimate of drug-likeness (QED) is 0.874. The van der Waals surface area contributed by atoms with Gasteiger partial charge in [-0.1, -0.05) is 0 Å². The van der Waals surface area contributed by atoms with Crippen molar-refractivity contribution in [2.45, 2.75) is 6.92 Å². The minimum absolute atomic E-state index is 0.560. The van der Waals surface area contributed by atoms with Gasteiger partial charge in [-0.3, -0.25) is 4.72 Å². The van der Waals surface area contributed by atoms with Crippen molar-refractivity contribution in [3.8, 4) is 0 Å². The summed E-state index contributed by atoms with van der Waals surface area (Å²) in [5.41, 5.74) is 2.60. The first kappa shape index (κ1) is 11.9. The van der Waals surface area contributed by atoms with Gasteiger partial charge in [0.25, 0.3) is 0 Å². The van der Waals surface area contributed by atoms with Crippen LogP contribution in [0.4, 0.5) is 5.69 Å². The van der Waals surface area contributed by atoms with Crippen LogP contribution in [0.3, 0.4) is 0 Å². The van der Waals surface area contributed by atoms with E-state index in [1.54, 1.807) is 12.1 Å². The van der Waals surface area contributed by atoms with E-state index in [1.165, 1.54) is 14.1 Å². The summed E-state index contributed by atoms with van der Waals surface area (Å²) in [4.78, 5) is 3.18. The van der Waals surface area contributed by atoms with Crippen LogP contribution in [0.1, 0.15) is 5.69 Å². The molecule has 0 saturated heterocycles. The molecule has 5 nitrogen and oxygen atoms in total. The predicted octanol–water partition coefficient (Wildman–Crippen LogP) is 1.69. The molecule has 1 heterocycles. The van der Waals surface area contributed by atoms with Gasteiger partial charge in [0, 0.05) is 30.7 Å². The second-order valence-electron chi connectivity index (χ2n) is 4.14. The lowest BCUT2D eigenvalue weighted by molar-refractivity contribution is 0.527. The van der Waals surface area contributed by atoms with Crippen LogP contribution < -0.4 is 4.72 Å². The molecule has 0 atom stereocenters. The van der Waals surface area contributed by atoms with Crippen molar-refractivity contribution in [1.82, 2.24) is 9.29 Å². The second-order valence-corrected chi connectivity index (χ2v) is 6.03. The highest BCUT2D eigenvalue weighted by atomic mass is 32.2. The molecule has 1 aromatic heterocycles. The molecule has 0 radical (unpaired) electrons. The molecule has 2 N–H and O–H groups in total. The molecule has 0 bridgehead atoms. The number of nitrogens with one attached hydrogen (secondary N) is 2. The van der Waals surface area contributed by atoms with Crippen LogP contribution in [0.25, 0.3) is 10.9 Å². The summed E-state index contributed by atoms with van der Waals surface area (Å²) >= 11 is 0. The van der Waals surface area contributed by atoms with E-state index in [4.69, 9.17) is 0 Å². The molecule has 17 heavy (non-hydrogen) atoms. The first-order valence-electron chi connectivity index (χ1n) is 5.18. The number of aromatic amines is 1. The Kier molecular flexibility index (Phi) is 2.84. The SMILES string of the molecule is Cc1cc2cc(NS(=O)(=O)N(C)C)ccc2[nH]1. The van der Waals surface area contributed by atoms with Gasteiger partial charge >= 0.3 is 10.2 Å². The number of hydrogen-bond acceptors (Lipinski definition) is 2. The highest BCUT2D eigenvalue weighted by Gasteiger charge is 2.13. The zero-order valence-electron chi connectivity index (χ0n) is 9.98. The Labute approximate surface area is 101 Å². The maximum absolute atomic E-state index is 11.6. The van der Waals surface area contributed by atoms with Crippen LogP contribution in [0.2, 0.25) is 0 Å². The van der Waals surface area contributed by atoms with Crippen LogP contribution >= 0.6 is 0 Å². The highest BCUT2D eigenvalue weighted by molar-refractivity contribution is 7.90. The number of H-pyrrole nitrogens is 1. The normalized spacial score (nSPS) is 12.2. The number of hydrogen-bond donors (Lipinski definition) is 2. The Hall–Kier alpha value is -1.53. The molecule has 0 unspecified atom stereocenters. The largest absolute Gasteiger partial charge is 0.359 e. The summed E-state index contributed by atoms with van der Waals surface area (Å²) in [5.74, 6) is 0. The summed E-state index contributed by atoms with van der Waals surface area (Å²) in [6.07, 6.45) is 0. The van der Waals surface area contributed by atoms with Crippen LogP contribution in [0, 0.1) is 6.92 Å². The van der Waals surface area contributed by atoms with Gasteiger partial charge in [0.15, 0.2) is 0 Å². The van der Waals surface area contributed by atoms with E-state index < -0.39 is 10.2 Å². The van der Waals surface area contributed by atoms with Crippen molar-refractivity contribution < 1.29 is 8.42 Å². The molecule has 1 aromatic carbocycles. The van der Waals surface area contributed by atoms with E-state index in [9.17, 15) is 8.42 Å². The number of fused-ring (bicyclic) bond motifs is 1. The van der Waals surface area contributed by atoms with Crippen molar-refractivity contribution in [2.75, 3.05) is 18.8 Å². The third-order valence-electron chi connectivity index (χ3n) is 2.48. The molecule has 0 spiro atoms. The maximum atomic E-state index is 11.6. The summed E-state index contributed by atoms with van der Waals surface area (Å²) in [5, 5.41) is 0.987. The Morgan fingerprint density at radius 2 is 1.94 bits per heavy atom. The minimum atomic E-state index is -3.44. The van der Waals surface area contributed by atoms with Crippen LogP contribution in [-0.2, 0) is 10.2 Å². The zero-order valence-corrected chi connectivity index (χ0v) is 10.8. The average Bonchev–Trinajstić information content (AvgIpc) is 2.56. The van der Waals surface area contributed by atoms with Gasteiger partial charge in [-0.05, 0) is 31.2 Å². The molecule has 6 heteroatoms. The topological polar surface area (TPSA) is 65.2 Å². The Morgan fingerprint density at radius 3 is 2.59 bits per heavy atom. The van der Waals surface area contributed by atoms with E-state index >= 15 is 0 Å². The molecule has 92 valence electrons. The average molecular weight is 253 g/mol. The molecule has 0 saturated carbocycles. The van der Waals surface area contributed by atoms with Gasteiger partial charge in [-0.15, -0.1) is 0 Å². The van der Waals surface area contributed by atoms with Crippen molar-refractivity contribution in [1.29, 1.82) is 0 Å². The van der Waals surface area contributed by atoms with E-state index in [-0.39, 0.29) is 0 Å². The number of rotatable bonds is 3. The maximum Gasteiger partial charge on any atom is 0.301 e. The minimum Gasteiger partial charge on any atom is -0.359 e. The summed E-state index contributed by atoms with van der Waals surface area (Å²) in [6.45, 7) is 1.96. The van der Waals surface area contributed by atoms with Crippen LogP contribution in [0.5, 0.6) is 0 Å². The Bertz CT molecular complexity index is 644. The number of anilines is 1. The lowest BCUT2D eigenvalue weighted by Crippen LogP contribution is -2.28. The van der Waals surface area contributed by atoms with Gasteiger partial charge in [0.2, 0.25) is 0 Å². The monoisotopic (exact) mass is 253 g/mol. The van der Waals surface area contributed by atoms with Gasteiger partial charge in [-0.25, -0.2) is 0 Å². The molecule has 2 aromatic rings. The highest BCUT2D eigenvalue weighted by Crippen LogP contribution is 2.20. The Balaban J connectivity index is 2.37. The number of benzene rings is 1.